The molecule has 2 saturated heterocycles. The Morgan fingerprint density at radius 1 is 1.10 bits per heavy atom. The molecule has 4 heterocycles. The summed E-state index contributed by atoms with van der Waals surface area (Å²) in [5.41, 5.74) is 1.93. The van der Waals surface area contributed by atoms with Gasteiger partial charge in [-0.2, -0.15) is 5.26 Å². The Morgan fingerprint density at radius 3 is 2.61 bits per heavy atom. The number of nitrogens with zero attached hydrogens (tertiary/aromatic N) is 5. The SMILES string of the molecule is CS(=O)c1nc2c(F)c(-c3cccc4ccc(F)cc34)c(CCC#N)cc2c2c1cc(CN1CCCC1=O)n2C1CCN(C(=O)OC(C)(C)C)C1. The zero-order valence-electron chi connectivity index (χ0n) is 29.1. The van der Waals surface area contributed by atoms with E-state index in [0.29, 0.717) is 65.3 Å². The average Bonchev–Trinajstić information content (AvgIpc) is 3.81. The lowest BCUT2D eigenvalue weighted by atomic mass is 9.90. The molecule has 2 amide bonds. The van der Waals surface area contributed by atoms with Gasteiger partial charge in [0.15, 0.2) is 5.82 Å². The Bertz CT molecular complexity index is 2310. The van der Waals surface area contributed by atoms with Crippen LogP contribution < -0.4 is 0 Å². The van der Waals surface area contributed by atoms with Crippen molar-refractivity contribution in [2.24, 2.45) is 0 Å². The summed E-state index contributed by atoms with van der Waals surface area (Å²) in [6.45, 7) is 7.08. The van der Waals surface area contributed by atoms with Crippen LogP contribution in [0.2, 0.25) is 0 Å². The summed E-state index contributed by atoms with van der Waals surface area (Å²) in [6, 6.07) is 15.4. The highest BCUT2D eigenvalue weighted by Gasteiger charge is 2.35. The van der Waals surface area contributed by atoms with Crippen molar-refractivity contribution < 1.29 is 27.3 Å². The molecule has 51 heavy (non-hydrogen) atoms. The first-order chi connectivity index (χ1) is 24.3. The minimum atomic E-state index is -1.64. The summed E-state index contributed by atoms with van der Waals surface area (Å²) in [6.07, 6.45) is 3.18. The quantitative estimate of drug-likeness (QED) is 0.171. The molecule has 0 saturated carbocycles. The molecule has 0 aliphatic carbocycles. The third-order valence-electron chi connectivity index (χ3n) is 9.73. The van der Waals surface area contributed by atoms with E-state index >= 15 is 4.39 Å². The molecule has 2 unspecified atom stereocenters. The van der Waals surface area contributed by atoms with Gasteiger partial charge < -0.3 is 19.1 Å². The second-order valence-corrected chi connectivity index (χ2v) is 15.7. The molecule has 5 aromatic rings. The topological polar surface area (TPSA) is 109 Å². The number of hydrogen-bond acceptors (Lipinski definition) is 6. The number of benzene rings is 3. The number of pyridine rings is 1. The zero-order chi connectivity index (χ0) is 36.2. The number of nitriles is 1. The minimum absolute atomic E-state index is 0.00181. The van der Waals surface area contributed by atoms with Crippen molar-refractivity contribution in [1.82, 2.24) is 19.4 Å². The number of aryl methyl sites for hydroxylation is 1. The Balaban J connectivity index is 1.51. The monoisotopic (exact) mass is 711 g/mol. The van der Waals surface area contributed by atoms with Gasteiger partial charge in [-0.05, 0) is 86.2 Å². The maximum atomic E-state index is 17.4. The lowest BCUT2D eigenvalue weighted by molar-refractivity contribution is -0.128. The molecule has 264 valence electrons. The van der Waals surface area contributed by atoms with Crippen LogP contribution in [0, 0.1) is 23.0 Å². The van der Waals surface area contributed by atoms with E-state index < -0.39 is 34.1 Å². The fraction of sp³-hybridized carbons (Fsp3) is 0.385. The van der Waals surface area contributed by atoms with E-state index in [1.807, 2.05) is 39.0 Å². The highest BCUT2D eigenvalue weighted by molar-refractivity contribution is 7.84. The lowest BCUT2D eigenvalue weighted by Crippen LogP contribution is -2.35. The van der Waals surface area contributed by atoms with Crippen molar-refractivity contribution in [2.45, 2.75) is 76.1 Å². The van der Waals surface area contributed by atoms with Crippen LogP contribution in [-0.2, 0) is 33.3 Å². The van der Waals surface area contributed by atoms with Crippen molar-refractivity contribution >= 4 is 55.4 Å². The first-order valence-corrected chi connectivity index (χ1v) is 18.7. The molecule has 3 aromatic carbocycles. The van der Waals surface area contributed by atoms with Crippen LogP contribution in [0.5, 0.6) is 0 Å². The first kappa shape index (κ1) is 34.6. The highest BCUT2D eigenvalue weighted by atomic mass is 32.2. The molecule has 2 aliphatic heterocycles. The predicted octanol–water partition coefficient (Wildman–Crippen LogP) is 7.79. The van der Waals surface area contributed by atoms with Crippen LogP contribution in [0.1, 0.15) is 63.8 Å². The molecule has 0 radical (unpaired) electrons. The van der Waals surface area contributed by atoms with Gasteiger partial charge in [0.25, 0.3) is 0 Å². The fourth-order valence-electron chi connectivity index (χ4n) is 7.57. The van der Waals surface area contributed by atoms with Crippen LogP contribution in [0.4, 0.5) is 13.6 Å². The summed E-state index contributed by atoms with van der Waals surface area (Å²) in [7, 11) is -1.64. The molecule has 9 nitrogen and oxygen atoms in total. The van der Waals surface area contributed by atoms with E-state index in [1.54, 1.807) is 28.0 Å². The third-order valence-corrected chi connectivity index (χ3v) is 10.6. The number of likely N-dealkylation sites (tertiary alicyclic amines) is 2. The molecule has 0 N–H and O–H groups in total. The Hall–Kier alpha value is -4.89. The van der Waals surface area contributed by atoms with E-state index in [4.69, 9.17) is 9.72 Å². The number of hydrogen-bond donors (Lipinski definition) is 0. The van der Waals surface area contributed by atoms with E-state index in [1.165, 1.54) is 18.4 Å². The molecule has 2 aliphatic rings. The average molecular weight is 712 g/mol. The molecule has 0 spiro atoms. The van der Waals surface area contributed by atoms with Crippen molar-refractivity contribution in [2.75, 3.05) is 25.9 Å². The summed E-state index contributed by atoms with van der Waals surface area (Å²) in [4.78, 5) is 34.2. The summed E-state index contributed by atoms with van der Waals surface area (Å²) < 4.78 is 53.1. The smallest absolute Gasteiger partial charge is 0.410 e. The Labute approximate surface area is 297 Å². The number of fused-ring (bicyclic) bond motifs is 4. The van der Waals surface area contributed by atoms with Crippen LogP contribution in [0.25, 0.3) is 43.7 Å². The third kappa shape index (κ3) is 6.44. The molecule has 0 bridgehead atoms. The van der Waals surface area contributed by atoms with Gasteiger partial charge in [0.05, 0.1) is 35.0 Å². The van der Waals surface area contributed by atoms with Crippen molar-refractivity contribution in [3.8, 4) is 17.2 Å². The van der Waals surface area contributed by atoms with E-state index in [9.17, 15) is 23.5 Å². The lowest BCUT2D eigenvalue weighted by Gasteiger charge is -2.25. The maximum Gasteiger partial charge on any atom is 0.410 e. The number of ether oxygens (including phenoxy) is 1. The van der Waals surface area contributed by atoms with Crippen LogP contribution in [0.15, 0.2) is 53.6 Å². The second-order valence-electron chi connectivity index (χ2n) is 14.4. The number of carbonyl (C=O) groups is 2. The summed E-state index contributed by atoms with van der Waals surface area (Å²) in [5.74, 6) is -1.08. The van der Waals surface area contributed by atoms with Gasteiger partial charge in [0.2, 0.25) is 5.91 Å². The van der Waals surface area contributed by atoms with Gasteiger partial charge in [0, 0.05) is 60.8 Å². The number of carbonyl (C=O) groups excluding carboxylic acids is 2. The van der Waals surface area contributed by atoms with Gasteiger partial charge >= 0.3 is 6.09 Å². The van der Waals surface area contributed by atoms with Crippen LogP contribution in [-0.4, -0.2) is 67.1 Å². The number of rotatable bonds is 7. The van der Waals surface area contributed by atoms with Crippen molar-refractivity contribution in [1.29, 1.82) is 5.26 Å². The standard InChI is InChI=1S/C39H39F2N5O4S/c1-39(2,3)50-38(48)45-17-14-26(21-45)46-27(22-44-16-7-11-32(44)47)20-31-36(46)30-18-24(9-6-15-42)33(34(41)35(30)43-37(31)51(4)49)28-10-5-8-23-12-13-25(40)19-29(23)28/h5,8,10,12-13,18-20,26H,6-7,9,11,14,16-17,21-22H2,1-4H3. The van der Waals surface area contributed by atoms with E-state index in [-0.39, 0.29) is 47.4 Å². The number of halogens is 2. The van der Waals surface area contributed by atoms with Gasteiger partial charge in [-0.25, -0.2) is 18.6 Å². The zero-order valence-corrected chi connectivity index (χ0v) is 29.9. The molecule has 7 rings (SSSR count). The Morgan fingerprint density at radius 2 is 1.90 bits per heavy atom. The van der Waals surface area contributed by atoms with Crippen molar-refractivity contribution in [3.05, 3.63) is 71.4 Å². The van der Waals surface area contributed by atoms with Gasteiger partial charge in [-0.3, -0.25) is 9.00 Å². The molecule has 2 atom stereocenters. The minimum Gasteiger partial charge on any atom is -0.444 e. The van der Waals surface area contributed by atoms with Crippen LogP contribution in [0.3, 0.4) is 0 Å². The highest BCUT2D eigenvalue weighted by Crippen LogP contribution is 2.42. The molecule has 12 heteroatoms. The number of amides is 2. The van der Waals surface area contributed by atoms with Gasteiger partial charge in [-0.1, -0.05) is 24.3 Å². The fourth-order valence-corrected chi connectivity index (χ4v) is 8.26. The van der Waals surface area contributed by atoms with E-state index in [0.717, 1.165) is 17.5 Å². The van der Waals surface area contributed by atoms with Crippen molar-refractivity contribution in [3.63, 3.8) is 0 Å². The van der Waals surface area contributed by atoms with Gasteiger partial charge in [0.1, 0.15) is 22.0 Å². The summed E-state index contributed by atoms with van der Waals surface area (Å²) in [5, 5.41) is 12.1. The molecule has 2 aromatic heterocycles. The second kappa shape index (κ2) is 13.3. The van der Waals surface area contributed by atoms with E-state index in [2.05, 4.69) is 10.6 Å². The molecular weight excluding hydrogens is 673 g/mol. The Kier molecular flexibility index (Phi) is 9.04. The maximum absolute atomic E-state index is 17.4. The molecule has 2 fully saturated rings. The normalized spacial score (nSPS) is 17.2. The largest absolute Gasteiger partial charge is 0.444 e. The van der Waals surface area contributed by atoms with Crippen LogP contribution >= 0.6 is 0 Å². The molecular formula is C39H39F2N5O4S. The number of aromatic nitrogens is 2. The first-order valence-electron chi connectivity index (χ1n) is 17.2. The van der Waals surface area contributed by atoms with Gasteiger partial charge in [-0.15, -0.1) is 0 Å². The summed E-state index contributed by atoms with van der Waals surface area (Å²) >= 11 is 0. The predicted molar refractivity (Wildman–Crippen MR) is 192 cm³/mol.